The van der Waals surface area contributed by atoms with Gasteiger partial charge in [0.05, 0.1) is 0 Å². The first kappa shape index (κ1) is 15.5. The Morgan fingerprint density at radius 3 is 2.52 bits per heavy atom. The molecule has 0 bridgehead atoms. The van der Waals surface area contributed by atoms with E-state index in [4.69, 9.17) is 10.5 Å². The van der Waals surface area contributed by atoms with E-state index in [1.807, 2.05) is 24.3 Å². The number of amides is 1. The highest BCUT2D eigenvalue weighted by Gasteiger charge is 2.29. The third-order valence-electron chi connectivity index (χ3n) is 4.54. The highest BCUT2D eigenvalue weighted by molar-refractivity contribution is 5.77. The fourth-order valence-electron chi connectivity index (χ4n) is 3.16. The molecule has 0 heterocycles. The van der Waals surface area contributed by atoms with Gasteiger partial charge < -0.3 is 10.5 Å². The van der Waals surface area contributed by atoms with Crippen LogP contribution < -0.4 is 10.5 Å². The Labute approximate surface area is 135 Å². The van der Waals surface area contributed by atoms with Gasteiger partial charge in [-0.1, -0.05) is 30.3 Å². The molecule has 0 unspecified atom stereocenters. The van der Waals surface area contributed by atoms with E-state index in [1.165, 1.54) is 11.6 Å². The van der Waals surface area contributed by atoms with Crippen molar-refractivity contribution in [3.63, 3.8) is 0 Å². The Balaban J connectivity index is 1.59. The number of carbonyl (C=O) groups excluding carboxylic acids is 1. The summed E-state index contributed by atoms with van der Waals surface area (Å²) >= 11 is 0. The Morgan fingerprint density at radius 2 is 1.87 bits per heavy atom. The highest BCUT2D eigenvalue weighted by Crippen LogP contribution is 2.38. The van der Waals surface area contributed by atoms with Gasteiger partial charge in [-0.3, -0.25) is 4.79 Å². The van der Waals surface area contributed by atoms with Crippen molar-refractivity contribution in [2.75, 3.05) is 0 Å². The van der Waals surface area contributed by atoms with Crippen LogP contribution >= 0.6 is 0 Å². The van der Waals surface area contributed by atoms with Gasteiger partial charge >= 0.3 is 0 Å². The van der Waals surface area contributed by atoms with Crippen LogP contribution in [0.5, 0.6) is 5.75 Å². The molecule has 1 amide bonds. The van der Waals surface area contributed by atoms with E-state index in [-0.39, 0.29) is 24.2 Å². The van der Waals surface area contributed by atoms with E-state index >= 15 is 0 Å². The van der Waals surface area contributed by atoms with Crippen LogP contribution in [-0.2, 0) is 11.4 Å². The maximum Gasteiger partial charge on any atom is 0.220 e. The molecule has 1 aliphatic carbocycles. The van der Waals surface area contributed by atoms with Crippen molar-refractivity contribution in [2.24, 2.45) is 11.7 Å². The van der Waals surface area contributed by atoms with Crippen LogP contribution in [0.2, 0.25) is 0 Å². The van der Waals surface area contributed by atoms with Crippen molar-refractivity contribution < 1.29 is 13.9 Å². The fraction of sp³-hybridized carbons (Fsp3) is 0.316. The lowest BCUT2D eigenvalue weighted by Crippen LogP contribution is -2.20. The quantitative estimate of drug-likeness (QED) is 0.913. The number of carbonyl (C=O) groups is 1. The van der Waals surface area contributed by atoms with Crippen molar-refractivity contribution >= 4 is 5.91 Å². The normalized spacial score (nSPS) is 20.4. The Bertz CT molecular complexity index is 684. The van der Waals surface area contributed by atoms with Crippen molar-refractivity contribution in [2.45, 2.75) is 31.8 Å². The minimum atomic E-state index is -0.257. The molecule has 2 N–H and O–H groups in total. The lowest BCUT2D eigenvalue weighted by Gasteiger charge is -2.12. The van der Waals surface area contributed by atoms with Crippen LogP contribution in [-0.4, -0.2) is 5.91 Å². The van der Waals surface area contributed by atoms with Gasteiger partial charge in [-0.05, 0) is 48.9 Å². The highest BCUT2D eigenvalue weighted by atomic mass is 19.1. The molecule has 1 fully saturated rings. The van der Waals surface area contributed by atoms with E-state index in [9.17, 15) is 9.18 Å². The molecule has 1 saturated carbocycles. The van der Waals surface area contributed by atoms with Gasteiger partial charge in [-0.15, -0.1) is 0 Å². The third kappa shape index (κ3) is 3.70. The maximum absolute atomic E-state index is 13.5. The molecule has 2 aromatic carbocycles. The van der Waals surface area contributed by atoms with Gasteiger partial charge in [-0.25, -0.2) is 4.39 Å². The first-order valence-electron chi connectivity index (χ1n) is 7.89. The van der Waals surface area contributed by atoms with Crippen molar-refractivity contribution in [1.29, 1.82) is 0 Å². The number of ether oxygens (including phenoxy) is 1. The molecule has 3 nitrogen and oxygen atoms in total. The van der Waals surface area contributed by atoms with Crippen molar-refractivity contribution in [3.8, 4) is 5.75 Å². The molecular weight excluding hydrogens is 293 g/mol. The first-order chi connectivity index (χ1) is 11.1. The van der Waals surface area contributed by atoms with E-state index in [2.05, 4.69) is 0 Å². The molecular formula is C19H20FNO2. The second kappa shape index (κ2) is 6.82. The number of primary amides is 1. The predicted octanol–water partition coefficient (Wildman–Crippen LogP) is 3.77. The van der Waals surface area contributed by atoms with Crippen molar-refractivity contribution in [1.82, 2.24) is 0 Å². The zero-order valence-electron chi connectivity index (χ0n) is 12.9. The standard InChI is InChI=1S/C19H20FNO2/c20-18-4-2-1-3-16(18)12-23-17-9-7-13(8-10-17)14-5-6-15(11-14)19(21)22/h1-4,7-10,14-15H,5-6,11-12H2,(H2,21,22)/t14-,15+/m0/s1. The summed E-state index contributed by atoms with van der Waals surface area (Å²) in [5, 5.41) is 0. The third-order valence-corrected chi connectivity index (χ3v) is 4.54. The molecule has 0 spiro atoms. The summed E-state index contributed by atoms with van der Waals surface area (Å²) in [7, 11) is 0. The summed E-state index contributed by atoms with van der Waals surface area (Å²) in [6.07, 6.45) is 2.68. The van der Waals surface area contributed by atoms with E-state index in [0.717, 1.165) is 19.3 Å². The molecule has 2 aromatic rings. The minimum Gasteiger partial charge on any atom is -0.489 e. The zero-order valence-corrected chi connectivity index (χ0v) is 12.9. The second-order valence-electron chi connectivity index (χ2n) is 6.06. The zero-order chi connectivity index (χ0) is 16.2. The van der Waals surface area contributed by atoms with E-state index < -0.39 is 0 Å². The minimum absolute atomic E-state index is 0.00279. The molecule has 2 atom stereocenters. The average Bonchev–Trinajstić information content (AvgIpc) is 3.05. The van der Waals surface area contributed by atoms with E-state index in [0.29, 0.717) is 17.2 Å². The fourth-order valence-corrected chi connectivity index (χ4v) is 3.16. The number of hydrogen-bond donors (Lipinski definition) is 1. The molecule has 0 radical (unpaired) electrons. The van der Waals surface area contributed by atoms with Crippen LogP contribution in [0.4, 0.5) is 4.39 Å². The van der Waals surface area contributed by atoms with Crippen LogP contribution in [0, 0.1) is 11.7 Å². The average molecular weight is 313 g/mol. The summed E-state index contributed by atoms with van der Waals surface area (Å²) in [5.74, 6) is 0.636. The lowest BCUT2D eigenvalue weighted by molar-refractivity contribution is -0.121. The Hall–Kier alpha value is -2.36. The smallest absolute Gasteiger partial charge is 0.220 e. The Kier molecular flexibility index (Phi) is 4.60. The van der Waals surface area contributed by atoms with Crippen LogP contribution in [0.25, 0.3) is 0 Å². The van der Waals surface area contributed by atoms with Gasteiger partial charge in [0.1, 0.15) is 18.2 Å². The lowest BCUT2D eigenvalue weighted by atomic mass is 9.96. The van der Waals surface area contributed by atoms with Gasteiger partial charge in [0.15, 0.2) is 0 Å². The Morgan fingerprint density at radius 1 is 1.13 bits per heavy atom. The monoisotopic (exact) mass is 313 g/mol. The summed E-state index contributed by atoms with van der Waals surface area (Å²) in [4.78, 5) is 11.3. The van der Waals surface area contributed by atoms with Crippen LogP contribution in [0.15, 0.2) is 48.5 Å². The van der Waals surface area contributed by atoms with Gasteiger partial charge in [-0.2, -0.15) is 0 Å². The summed E-state index contributed by atoms with van der Waals surface area (Å²) in [6, 6.07) is 14.4. The topological polar surface area (TPSA) is 52.3 Å². The molecule has 0 aromatic heterocycles. The first-order valence-corrected chi connectivity index (χ1v) is 7.89. The van der Waals surface area contributed by atoms with Gasteiger partial charge in [0.25, 0.3) is 0 Å². The number of hydrogen-bond acceptors (Lipinski definition) is 2. The summed E-state index contributed by atoms with van der Waals surface area (Å²) in [6.45, 7) is 0.208. The van der Waals surface area contributed by atoms with Crippen LogP contribution in [0.3, 0.4) is 0 Å². The number of rotatable bonds is 5. The van der Waals surface area contributed by atoms with Crippen molar-refractivity contribution in [3.05, 3.63) is 65.5 Å². The largest absolute Gasteiger partial charge is 0.489 e. The molecule has 0 aliphatic heterocycles. The molecule has 3 rings (SSSR count). The predicted molar refractivity (Wildman–Crippen MR) is 86.5 cm³/mol. The number of halogens is 1. The second-order valence-corrected chi connectivity index (χ2v) is 6.06. The van der Waals surface area contributed by atoms with Crippen LogP contribution in [0.1, 0.15) is 36.3 Å². The van der Waals surface area contributed by atoms with Gasteiger partial charge in [0, 0.05) is 11.5 Å². The molecule has 23 heavy (non-hydrogen) atoms. The molecule has 120 valence electrons. The number of nitrogens with two attached hydrogens (primary N) is 1. The molecule has 4 heteroatoms. The maximum atomic E-state index is 13.5. The summed E-state index contributed by atoms with van der Waals surface area (Å²) < 4.78 is 19.2. The van der Waals surface area contributed by atoms with Gasteiger partial charge in [0.2, 0.25) is 5.91 Å². The summed E-state index contributed by atoms with van der Waals surface area (Å²) in [5.41, 5.74) is 7.12. The SMILES string of the molecule is NC(=O)[C@@H]1CC[C@H](c2ccc(OCc3ccccc3F)cc2)C1. The molecule has 0 saturated heterocycles. The van der Waals surface area contributed by atoms with E-state index in [1.54, 1.807) is 18.2 Å². The number of benzene rings is 2. The molecule has 1 aliphatic rings.